The summed E-state index contributed by atoms with van der Waals surface area (Å²) in [7, 11) is 0. The van der Waals surface area contributed by atoms with Crippen LogP contribution in [0.2, 0.25) is 0 Å². The lowest BCUT2D eigenvalue weighted by Gasteiger charge is -2.33. The number of rotatable bonds is 9. The zero-order valence-electron chi connectivity index (χ0n) is 22.2. The van der Waals surface area contributed by atoms with E-state index in [1.54, 1.807) is 19.3 Å². The predicted octanol–water partition coefficient (Wildman–Crippen LogP) is 4.24. The highest BCUT2D eigenvalue weighted by atomic mass is 16.2. The first-order valence-electron chi connectivity index (χ1n) is 13.8. The second-order valence-electron chi connectivity index (χ2n) is 11.0. The van der Waals surface area contributed by atoms with Gasteiger partial charge in [-0.1, -0.05) is 73.7 Å². The highest BCUT2D eigenvalue weighted by Crippen LogP contribution is 2.36. The predicted molar refractivity (Wildman–Crippen MR) is 149 cm³/mol. The van der Waals surface area contributed by atoms with Gasteiger partial charge in [-0.05, 0) is 54.5 Å². The first-order valence-corrected chi connectivity index (χ1v) is 13.8. The minimum absolute atomic E-state index is 0.0300. The number of aromatic nitrogens is 1. The Morgan fingerprint density at radius 1 is 0.947 bits per heavy atom. The molecule has 5 atom stereocenters. The Balaban J connectivity index is 1.37. The molecule has 2 N–H and O–H groups in total. The van der Waals surface area contributed by atoms with Crippen molar-refractivity contribution in [2.24, 2.45) is 17.6 Å². The van der Waals surface area contributed by atoms with Gasteiger partial charge in [0, 0.05) is 49.9 Å². The molecule has 2 amide bonds. The van der Waals surface area contributed by atoms with Crippen LogP contribution in [0.5, 0.6) is 0 Å². The Morgan fingerprint density at radius 2 is 1.63 bits per heavy atom. The lowest BCUT2D eigenvalue weighted by molar-refractivity contribution is -0.141. The third kappa shape index (κ3) is 5.97. The molecule has 198 valence electrons. The summed E-state index contributed by atoms with van der Waals surface area (Å²) >= 11 is 0. The number of primary amides is 1. The van der Waals surface area contributed by atoms with E-state index in [1.165, 1.54) is 11.1 Å². The fourth-order valence-corrected chi connectivity index (χ4v) is 6.28. The van der Waals surface area contributed by atoms with Gasteiger partial charge in [0.15, 0.2) is 0 Å². The van der Waals surface area contributed by atoms with Gasteiger partial charge in [0.05, 0.1) is 5.92 Å². The highest BCUT2D eigenvalue weighted by Gasteiger charge is 2.42. The SMILES string of the molecule is CC(C(N)=O)[C@H](Cc1cccnc1)C(=O)N1C[C@@H](c2ccccc2)C[C@H]1CN1CCC(c2ccccc2)C1. The molecule has 0 bridgehead atoms. The second kappa shape index (κ2) is 11.9. The number of amides is 2. The molecule has 3 aromatic rings. The fraction of sp³-hybridized carbons (Fsp3) is 0.406. The summed E-state index contributed by atoms with van der Waals surface area (Å²) in [5.41, 5.74) is 9.35. The number of carbonyl (C=O) groups excluding carboxylic acids is 2. The molecule has 5 rings (SSSR count). The fourth-order valence-electron chi connectivity index (χ4n) is 6.28. The summed E-state index contributed by atoms with van der Waals surface area (Å²) in [6, 6.07) is 25.2. The summed E-state index contributed by atoms with van der Waals surface area (Å²) in [6.07, 6.45) is 6.01. The minimum atomic E-state index is -0.562. The van der Waals surface area contributed by atoms with E-state index in [4.69, 9.17) is 5.73 Å². The van der Waals surface area contributed by atoms with Crippen molar-refractivity contribution in [1.82, 2.24) is 14.8 Å². The topological polar surface area (TPSA) is 79.5 Å². The summed E-state index contributed by atoms with van der Waals surface area (Å²) in [5.74, 6) is -0.673. The van der Waals surface area contributed by atoms with Gasteiger partial charge >= 0.3 is 0 Å². The van der Waals surface area contributed by atoms with E-state index < -0.39 is 17.7 Å². The van der Waals surface area contributed by atoms with Crippen LogP contribution in [0, 0.1) is 11.8 Å². The number of hydrogen-bond acceptors (Lipinski definition) is 4. The molecule has 0 radical (unpaired) electrons. The van der Waals surface area contributed by atoms with Crippen molar-refractivity contribution in [3.8, 4) is 0 Å². The van der Waals surface area contributed by atoms with Crippen molar-refractivity contribution in [2.45, 2.75) is 44.1 Å². The molecule has 2 saturated heterocycles. The molecule has 2 fully saturated rings. The number of benzene rings is 2. The molecule has 0 aliphatic carbocycles. The molecule has 0 spiro atoms. The average Bonchev–Trinajstić information content (AvgIpc) is 3.60. The average molecular weight is 511 g/mol. The molecule has 0 saturated carbocycles. The van der Waals surface area contributed by atoms with E-state index >= 15 is 0 Å². The maximum atomic E-state index is 14.2. The van der Waals surface area contributed by atoms with Crippen molar-refractivity contribution in [2.75, 3.05) is 26.2 Å². The highest BCUT2D eigenvalue weighted by molar-refractivity contribution is 5.87. The number of nitrogens with zero attached hydrogens (tertiary/aromatic N) is 3. The van der Waals surface area contributed by atoms with Gasteiger partial charge in [-0.2, -0.15) is 0 Å². The molecule has 3 heterocycles. The zero-order valence-corrected chi connectivity index (χ0v) is 22.2. The molecule has 2 aromatic carbocycles. The van der Waals surface area contributed by atoms with Crippen molar-refractivity contribution >= 4 is 11.8 Å². The zero-order chi connectivity index (χ0) is 26.5. The van der Waals surface area contributed by atoms with Gasteiger partial charge in [-0.3, -0.25) is 14.6 Å². The Morgan fingerprint density at radius 3 is 2.26 bits per heavy atom. The van der Waals surface area contributed by atoms with Crippen LogP contribution < -0.4 is 5.73 Å². The molecular weight excluding hydrogens is 472 g/mol. The van der Waals surface area contributed by atoms with Gasteiger partial charge in [0.25, 0.3) is 0 Å². The molecule has 2 aliphatic heterocycles. The first-order chi connectivity index (χ1) is 18.5. The van der Waals surface area contributed by atoms with E-state index in [9.17, 15) is 9.59 Å². The van der Waals surface area contributed by atoms with Gasteiger partial charge in [0.2, 0.25) is 11.8 Å². The molecule has 38 heavy (non-hydrogen) atoms. The lowest BCUT2D eigenvalue weighted by Crippen LogP contribution is -2.48. The van der Waals surface area contributed by atoms with Crippen molar-refractivity contribution in [3.63, 3.8) is 0 Å². The van der Waals surface area contributed by atoms with E-state index in [-0.39, 0.29) is 17.9 Å². The normalized spacial score (nSPS) is 23.3. The van der Waals surface area contributed by atoms with E-state index in [0.717, 1.165) is 38.0 Å². The Bertz CT molecular complexity index is 1200. The first kappa shape index (κ1) is 26.1. The standard InChI is InChI=1S/C32H38N4O2/c1-23(31(33)37)30(17-24-9-8-15-34-19-24)32(38)36-21-28(26-12-6-3-7-13-26)18-29(36)22-35-16-14-27(20-35)25-10-4-2-5-11-25/h2-13,15,19,23,27-30H,14,16-18,20-22H2,1H3,(H2,33,37)/t23?,27?,28-,29-,30-/m0/s1. The van der Waals surface area contributed by atoms with Crippen molar-refractivity contribution in [3.05, 3.63) is 102 Å². The van der Waals surface area contributed by atoms with Crippen LogP contribution in [0.25, 0.3) is 0 Å². The van der Waals surface area contributed by atoms with Crippen LogP contribution in [0.1, 0.15) is 48.3 Å². The van der Waals surface area contributed by atoms with Crippen LogP contribution in [-0.2, 0) is 16.0 Å². The van der Waals surface area contributed by atoms with Gasteiger partial charge < -0.3 is 15.5 Å². The van der Waals surface area contributed by atoms with E-state index in [0.29, 0.717) is 18.9 Å². The lowest BCUT2D eigenvalue weighted by atomic mass is 9.86. The summed E-state index contributed by atoms with van der Waals surface area (Å²) in [4.78, 5) is 35.3. The van der Waals surface area contributed by atoms with Crippen LogP contribution in [0.3, 0.4) is 0 Å². The molecule has 2 unspecified atom stereocenters. The summed E-state index contributed by atoms with van der Waals surface area (Å²) in [6.45, 7) is 5.34. The molecule has 6 nitrogen and oxygen atoms in total. The number of pyridine rings is 1. The van der Waals surface area contributed by atoms with Crippen molar-refractivity contribution in [1.29, 1.82) is 0 Å². The van der Waals surface area contributed by atoms with E-state index in [2.05, 4.69) is 69.4 Å². The number of likely N-dealkylation sites (tertiary alicyclic amines) is 2. The third-order valence-corrected chi connectivity index (χ3v) is 8.53. The monoisotopic (exact) mass is 510 g/mol. The Kier molecular flexibility index (Phi) is 8.18. The summed E-state index contributed by atoms with van der Waals surface area (Å²) < 4.78 is 0. The number of carbonyl (C=O) groups is 2. The quantitative estimate of drug-likeness (QED) is 0.467. The maximum Gasteiger partial charge on any atom is 0.227 e. The summed E-state index contributed by atoms with van der Waals surface area (Å²) in [5, 5.41) is 0. The Labute approximate surface area is 225 Å². The third-order valence-electron chi connectivity index (χ3n) is 8.53. The van der Waals surface area contributed by atoms with Gasteiger partial charge in [-0.25, -0.2) is 0 Å². The number of hydrogen-bond donors (Lipinski definition) is 1. The van der Waals surface area contributed by atoms with Crippen molar-refractivity contribution < 1.29 is 9.59 Å². The van der Waals surface area contributed by atoms with Crippen LogP contribution in [0.15, 0.2) is 85.2 Å². The molecule has 2 aliphatic rings. The van der Waals surface area contributed by atoms with Gasteiger partial charge in [0.1, 0.15) is 0 Å². The van der Waals surface area contributed by atoms with Crippen LogP contribution in [0.4, 0.5) is 0 Å². The van der Waals surface area contributed by atoms with Crippen LogP contribution >= 0.6 is 0 Å². The molecule has 6 heteroatoms. The van der Waals surface area contributed by atoms with E-state index in [1.807, 2.05) is 18.2 Å². The maximum absolute atomic E-state index is 14.2. The second-order valence-corrected chi connectivity index (χ2v) is 11.0. The molecular formula is C32H38N4O2. The Hall–Kier alpha value is -3.51. The minimum Gasteiger partial charge on any atom is -0.369 e. The number of nitrogens with two attached hydrogens (primary N) is 1. The van der Waals surface area contributed by atoms with Gasteiger partial charge in [-0.15, -0.1) is 0 Å². The molecule has 1 aromatic heterocycles. The smallest absolute Gasteiger partial charge is 0.227 e. The largest absolute Gasteiger partial charge is 0.369 e. The van der Waals surface area contributed by atoms with Crippen LogP contribution in [-0.4, -0.2) is 58.8 Å².